The van der Waals surface area contributed by atoms with Crippen LogP contribution in [0.3, 0.4) is 0 Å². The van der Waals surface area contributed by atoms with E-state index in [0.29, 0.717) is 6.42 Å². The van der Waals surface area contributed by atoms with Crippen LogP contribution in [0.5, 0.6) is 0 Å². The third-order valence-corrected chi connectivity index (χ3v) is 4.06. The zero-order valence-electron chi connectivity index (χ0n) is 12.0. The fourth-order valence-electron chi connectivity index (χ4n) is 3.06. The summed E-state index contributed by atoms with van der Waals surface area (Å²) in [5, 5.41) is 3.58. The Balaban J connectivity index is 1.83. The molecule has 0 bridgehead atoms. The van der Waals surface area contributed by atoms with Crippen LogP contribution in [0.2, 0.25) is 0 Å². The van der Waals surface area contributed by atoms with Gasteiger partial charge in [-0.25, -0.2) is 0 Å². The summed E-state index contributed by atoms with van der Waals surface area (Å²) in [4.78, 5) is 10.8. The van der Waals surface area contributed by atoms with Crippen LogP contribution in [0, 0.1) is 0 Å². The maximum Gasteiger partial charge on any atom is 0.217 e. The van der Waals surface area contributed by atoms with Gasteiger partial charge in [-0.2, -0.15) is 0 Å². The zero-order chi connectivity index (χ0) is 14.7. The quantitative estimate of drug-likeness (QED) is 0.827. The molecule has 3 rings (SSSR count). The molecule has 0 spiro atoms. The number of fused-ring (bicyclic) bond motifs is 2. The number of hydrogen-bond donors (Lipinski definition) is 2. The van der Waals surface area contributed by atoms with Crippen LogP contribution in [0.15, 0.2) is 48.5 Å². The molecule has 3 N–H and O–H groups in total. The second-order valence-corrected chi connectivity index (χ2v) is 5.53. The summed E-state index contributed by atoms with van der Waals surface area (Å²) in [5.41, 5.74) is 10.6. The lowest BCUT2D eigenvalue weighted by atomic mass is 9.82. The van der Waals surface area contributed by atoms with Gasteiger partial charge in [-0.15, -0.1) is 0 Å². The van der Waals surface area contributed by atoms with E-state index >= 15 is 0 Å². The maximum absolute atomic E-state index is 10.8. The number of amides is 1. The fraction of sp³-hybridized carbons (Fsp3) is 0.278. The van der Waals surface area contributed by atoms with Crippen molar-refractivity contribution in [2.24, 2.45) is 5.73 Å². The van der Waals surface area contributed by atoms with Gasteiger partial charge in [0, 0.05) is 6.42 Å². The van der Waals surface area contributed by atoms with Crippen molar-refractivity contribution < 1.29 is 4.79 Å². The Morgan fingerprint density at radius 1 is 1.05 bits per heavy atom. The van der Waals surface area contributed by atoms with E-state index in [4.69, 9.17) is 5.73 Å². The maximum atomic E-state index is 10.8. The molecule has 0 saturated carbocycles. The Morgan fingerprint density at radius 3 is 2.19 bits per heavy atom. The molecule has 0 heterocycles. The van der Waals surface area contributed by atoms with Crippen molar-refractivity contribution in [3.63, 3.8) is 0 Å². The molecule has 0 fully saturated rings. The first-order chi connectivity index (χ1) is 10.3. The Hall–Kier alpha value is -2.13. The largest absolute Gasteiger partial charge is 0.370 e. The van der Waals surface area contributed by atoms with Gasteiger partial charge < -0.3 is 11.1 Å². The zero-order valence-corrected chi connectivity index (χ0v) is 12.0. The third kappa shape index (κ3) is 2.98. The van der Waals surface area contributed by atoms with Crippen LogP contribution in [0.1, 0.15) is 41.1 Å². The smallest absolute Gasteiger partial charge is 0.217 e. The summed E-state index contributed by atoms with van der Waals surface area (Å²) in [5.74, 6) is -0.235. The molecule has 108 valence electrons. The molecule has 2 aromatic carbocycles. The minimum atomic E-state index is -0.235. The molecule has 21 heavy (non-hydrogen) atoms. The predicted molar refractivity (Wildman–Crippen MR) is 84.0 cm³/mol. The standard InChI is InChI=1S/C18H20N2O/c19-17(21)10-5-11-20-18-15-8-3-1-6-13(15)12-14-7-2-4-9-16(14)18/h1-4,6-9,18,20H,5,10-12H2,(H2,19,21). The van der Waals surface area contributed by atoms with E-state index in [0.717, 1.165) is 19.4 Å². The van der Waals surface area contributed by atoms with Gasteiger partial charge in [0.1, 0.15) is 0 Å². The first-order valence-electron chi connectivity index (χ1n) is 7.43. The number of nitrogens with two attached hydrogens (primary N) is 1. The Bertz CT molecular complexity index is 606. The number of benzene rings is 2. The van der Waals surface area contributed by atoms with Crippen LogP contribution in [0.25, 0.3) is 0 Å². The Morgan fingerprint density at radius 2 is 1.62 bits per heavy atom. The van der Waals surface area contributed by atoms with Gasteiger partial charge >= 0.3 is 0 Å². The number of carbonyl (C=O) groups is 1. The van der Waals surface area contributed by atoms with E-state index in [1.807, 2.05) is 0 Å². The van der Waals surface area contributed by atoms with Gasteiger partial charge in [0.15, 0.2) is 0 Å². The summed E-state index contributed by atoms with van der Waals surface area (Å²) in [6.07, 6.45) is 2.20. The first kappa shape index (κ1) is 13.8. The molecule has 1 amide bonds. The second-order valence-electron chi connectivity index (χ2n) is 5.53. The van der Waals surface area contributed by atoms with Crippen molar-refractivity contribution in [3.8, 4) is 0 Å². The molecule has 1 aliphatic carbocycles. The van der Waals surface area contributed by atoms with Gasteiger partial charge in [0.25, 0.3) is 0 Å². The van der Waals surface area contributed by atoms with Crippen molar-refractivity contribution in [1.82, 2.24) is 5.32 Å². The summed E-state index contributed by atoms with van der Waals surface area (Å²) in [6, 6.07) is 17.4. The van der Waals surface area contributed by atoms with Crippen LogP contribution < -0.4 is 11.1 Å². The highest BCUT2D eigenvalue weighted by Gasteiger charge is 2.24. The van der Waals surface area contributed by atoms with Gasteiger partial charge in [-0.1, -0.05) is 48.5 Å². The van der Waals surface area contributed by atoms with Crippen molar-refractivity contribution >= 4 is 5.91 Å². The highest BCUT2D eigenvalue weighted by molar-refractivity contribution is 5.73. The minimum Gasteiger partial charge on any atom is -0.370 e. The molecule has 0 aromatic heterocycles. The molecule has 0 atom stereocenters. The topological polar surface area (TPSA) is 55.1 Å². The van der Waals surface area contributed by atoms with E-state index in [2.05, 4.69) is 53.8 Å². The SMILES string of the molecule is NC(=O)CCCNC1c2ccccc2Cc2ccccc21. The van der Waals surface area contributed by atoms with Gasteiger partial charge in [-0.05, 0) is 41.6 Å². The van der Waals surface area contributed by atoms with E-state index in [1.54, 1.807) is 0 Å². The van der Waals surface area contributed by atoms with E-state index in [-0.39, 0.29) is 11.9 Å². The Kier molecular flexibility index (Phi) is 4.02. The molecule has 0 unspecified atom stereocenters. The monoisotopic (exact) mass is 280 g/mol. The highest BCUT2D eigenvalue weighted by atomic mass is 16.1. The summed E-state index contributed by atoms with van der Waals surface area (Å²) in [7, 11) is 0. The molecular formula is C18H20N2O. The predicted octanol–water partition coefficient (Wildman–Crippen LogP) is 2.54. The number of nitrogens with one attached hydrogen (secondary N) is 1. The molecule has 0 aliphatic heterocycles. The number of rotatable bonds is 5. The summed E-state index contributed by atoms with van der Waals surface area (Å²) >= 11 is 0. The average Bonchev–Trinajstić information content (AvgIpc) is 2.50. The van der Waals surface area contributed by atoms with Gasteiger partial charge in [-0.3, -0.25) is 4.79 Å². The van der Waals surface area contributed by atoms with Crippen LogP contribution in [-0.2, 0) is 11.2 Å². The normalized spacial score (nSPS) is 13.5. The molecule has 2 aromatic rings. The first-order valence-corrected chi connectivity index (χ1v) is 7.43. The van der Waals surface area contributed by atoms with Crippen molar-refractivity contribution in [2.75, 3.05) is 6.54 Å². The van der Waals surface area contributed by atoms with Crippen LogP contribution >= 0.6 is 0 Å². The lowest BCUT2D eigenvalue weighted by Gasteiger charge is -2.29. The molecule has 0 saturated heterocycles. The minimum absolute atomic E-state index is 0.207. The fourth-order valence-corrected chi connectivity index (χ4v) is 3.06. The van der Waals surface area contributed by atoms with Crippen molar-refractivity contribution in [3.05, 3.63) is 70.8 Å². The van der Waals surface area contributed by atoms with Crippen LogP contribution in [-0.4, -0.2) is 12.5 Å². The number of primary amides is 1. The lowest BCUT2D eigenvalue weighted by molar-refractivity contribution is -0.118. The molecular weight excluding hydrogens is 260 g/mol. The molecule has 1 aliphatic rings. The van der Waals surface area contributed by atoms with E-state index in [9.17, 15) is 4.79 Å². The lowest BCUT2D eigenvalue weighted by Crippen LogP contribution is -2.28. The average molecular weight is 280 g/mol. The van der Waals surface area contributed by atoms with Crippen LogP contribution in [0.4, 0.5) is 0 Å². The van der Waals surface area contributed by atoms with Crippen molar-refractivity contribution in [2.45, 2.75) is 25.3 Å². The number of hydrogen-bond acceptors (Lipinski definition) is 2. The van der Waals surface area contributed by atoms with E-state index < -0.39 is 0 Å². The van der Waals surface area contributed by atoms with E-state index in [1.165, 1.54) is 22.3 Å². The highest BCUT2D eigenvalue weighted by Crippen LogP contribution is 2.34. The number of carbonyl (C=O) groups excluding carboxylic acids is 1. The summed E-state index contributed by atoms with van der Waals surface area (Å²) in [6.45, 7) is 0.788. The molecule has 3 heteroatoms. The summed E-state index contributed by atoms with van der Waals surface area (Å²) < 4.78 is 0. The van der Waals surface area contributed by atoms with Gasteiger partial charge in [0.05, 0.1) is 6.04 Å². The molecule has 0 radical (unpaired) electrons. The molecule has 3 nitrogen and oxygen atoms in total. The van der Waals surface area contributed by atoms with Gasteiger partial charge in [0.2, 0.25) is 5.91 Å². The Labute approximate surface area is 125 Å². The second kappa shape index (κ2) is 6.10. The third-order valence-electron chi connectivity index (χ3n) is 4.06. The van der Waals surface area contributed by atoms with Crippen molar-refractivity contribution in [1.29, 1.82) is 0 Å².